The van der Waals surface area contributed by atoms with Crippen molar-refractivity contribution in [2.45, 2.75) is 12.1 Å². The molecule has 0 saturated heterocycles. The number of nitrogens with one attached hydrogen (secondary N) is 1. The molecule has 4 aromatic rings. The largest absolute Gasteiger partial charge is 0.325 e. The first-order chi connectivity index (χ1) is 14.6. The van der Waals surface area contributed by atoms with E-state index in [2.05, 4.69) is 38.1 Å². The van der Waals surface area contributed by atoms with Crippen molar-refractivity contribution in [1.82, 2.24) is 14.8 Å². The topological polar surface area (TPSA) is 59.8 Å². The number of rotatable bonds is 6. The molecule has 5 nitrogen and oxygen atoms in total. The molecule has 0 unspecified atom stereocenters. The van der Waals surface area contributed by atoms with Gasteiger partial charge in [0.25, 0.3) is 0 Å². The molecule has 1 heterocycles. The second-order valence-electron chi connectivity index (χ2n) is 6.64. The molecule has 0 aliphatic heterocycles. The number of benzene rings is 3. The predicted octanol–water partition coefficient (Wildman–Crippen LogP) is 5.58. The van der Waals surface area contributed by atoms with Crippen molar-refractivity contribution in [3.63, 3.8) is 0 Å². The molecule has 150 valence electrons. The molecule has 7 heteroatoms. The van der Waals surface area contributed by atoms with E-state index in [1.165, 1.54) is 11.8 Å². The fourth-order valence-electron chi connectivity index (χ4n) is 3.03. The van der Waals surface area contributed by atoms with Crippen molar-refractivity contribution in [1.29, 1.82) is 0 Å². The van der Waals surface area contributed by atoms with E-state index in [1.54, 1.807) is 0 Å². The van der Waals surface area contributed by atoms with Gasteiger partial charge in [0, 0.05) is 20.5 Å². The molecule has 1 aromatic heterocycles. The molecule has 30 heavy (non-hydrogen) atoms. The third kappa shape index (κ3) is 4.73. The molecule has 0 spiro atoms. The summed E-state index contributed by atoms with van der Waals surface area (Å²) in [6.07, 6.45) is 0. The van der Waals surface area contributed by atoms with Crippen LogP contribution < -0.4 is 5.32 Å². The predicted molar refractivity (Wildman–Crippen MR) is 130 cm³/mol. The van der Waals surface area contributed by atoms with Crippen molar-refractivity contribution in [2.75, 3.05) is 11.1 Å². The number of para-hydroxylation sites is 1. The standard InChI is InChI=1S/C23H19IN4OS/c1-16-14-18(24)12-13-20(16)25-21(29)15-30-23-27-26-22(17-8-4-2-5-9-17)28(23)19-10-6-3-7-11-19/h2-14H,15H2,1H3,(H,25,29). The second kappa shape index (κ2) is 9.44. The first-order valence-electron chi connectivity index (χ1n) is 9.37. The van der Waals surface area contributed by atoms with Crippen LogP contribution >= 0.6 is 34.4 Å². The molecule has 0 radical (unpaired) electrons. The molecule has 0 saturated carbocycles. The molecule has 0 fully saturated rings. The highest BCUT2D eigenvalue weighted by Gasteiger charge is 2.17. The normalized spacial score (nSPS) is 10.7. The maximum Gasteiger partial charge on any atom is 0.234 e. The molecular formula is C23H19IN4OS. The Morgan fingerprint density at radius 1 is 1.00 bits per heavy atom. The molecule has 3 aromatic carbocycles. The SMILES string of the molecule is Cc1cc(I)ccc1NC(=O)CSc1nnc(-c2ccccc2)n1-c1ccccc1. The van der Waals surface area contributed by atoms with Gasteiger partial charge in [0.05, 0.1) is 5.75 Å². The highest BCUT2D eigenvalue weighted by atomic mass is 127. The Balaban J connectivity index is 1.57. The summed E-state index contributed by atoms with van der Waals surface area (Å²) in [5, 5.41) is 12.4. The van der Waals surface area contributed by atoms with Crippen LogP contribution in [-0.4, -0.2) is 26.4 Å². The van der Waals surface area contributed by atoms with Gasteiger partial charge in [-0.05, 0) is 65.4 Å². The first kappa shape index (κ1) is 20.6. The fraction of sp³-hybridized carbons (Fsp3) is 0.0870. The summed E-state index contributed by atoms with van der Waals surface area (Å²) in [7, 11) is 0. The van der Waals surface area contributed by atoms with Gasteiger partial charge in [0.15, 0.2) is 11.0 Å². The van der Waals surface area contributed by atoms with Gasteiger partial charge in [0.2, 0.25) is 5.91 Å². The maximum atomic E-state index is 12.6. The summed E-state index contributed by atoms with van der Waals surface area (Å²) in [5.41, 5.74) is 3.80. The number of hydrogen-bond donors (Lipinski definition) is 1. The Hall–Kier alpha value is -2.65. The smallest absolute Gasteiger partial charge is 0.234 e. The Bertz CT molecular complexity index is 1160. The third-order valence-corrected chi connectivity index (χ3v) is 6.07. The Labute approximate surface area is 193 Å². The van der Waals surface area contributed by atoms with Gasteiger partial charge in [-0.1, -0.05) is 60.3 Å². The number of aryl methyl sites for hydroxylation is 1. The maximum absolute atomic E-state index is 12.6. The summed E-state index contributed by atoms with van der Waals surface area (Å²) in [6.45, 7) is 1.99. The van der Waals surface area contributed by atoms with Gasteiger partial charge < -0.3 is 5.32 Å². The average molecular weight is 526 g/mol. The molecule has 0 bridgehead atoms. The van der Waals surface area contributed by atoms with E-state index in [4.69, 9.17) is 0 Å². The minimum atomic E-state index is -0.0758. The number of carbonyl (C=O) groups is 1. The van der Waals surface area contributed by atoms with Gasteiger partial charge in [-0.15, -0.1) is 10.2 Å². The molecule has 4 rings (SSSR count). The number of carbonyl (C=O) groups excluding carboxylic acids is 1. The average Bonchev–Trinajstić information content (AvgIpc) is 3.19. The second-order valence-corrected chi connectivity index (χ2v) is 8.83. The van der Waals surface area contributed by atoms with Crippen molar-refractivity contribution >= 4 is 45.9 Å². The Morgan fingerprint density at radius 3 is 2.40 bits per heavy atom. The van der Waals surface area contributed by atoms with Crippen LogP contribution in [0, 0.1) is 10.5 Å². The van der Waals surface area contributed by atoms with Crippen LogP contribution in [0.5, 0.6) is 0 Å². The van der Waals surface area contributed by atoms with E-state index in [1.807, 2.05) is 90.4 Å². The number of nitrogens with zero attached hydrogens (tertiary/aromatic N) is 3. The number of anilines is 1. The van der Waals surface area contributed by atoms with Crippen LogP contribution in [0.3, 0.4) is 0 Å². The Kier molecular flexibility index (Phi) is 6.49. The lowest BCUT2D eigenvalue weighted by molar-refractivity contribution is -0.113. The van der Waals surface area contributed by atoms with Crippen molar-refractivity contribution in [2.24, 2.45) is 0 Å². The molecule has 1 N–H and O–H groups in total. The van der Waals surface area contributed by atoms with Gasteiger partial charge in [-0.25, -0.2) is 0 Å². The number of thioether (sulfide) groups is 1. The molecule has 1 amide bonds. The summed E-state index contributed by atoms with van der Waals surface area (Å²) in [4.78, 5) is 12.6. The van der Waals surface area contributed by atoms with Crippen LogP contribution in [0.2, 0.25) is 0 Å². The molecule has 0 atom stereocenters. The zero-order valence-electron chi connectivity index (χ0n) is 16.2. The van der Waals surface area contributed by atoms with Crippen LogP contribution in [0.15, 0.2) is 84.0 Å². The lowest BCUT2D eigenvalue weighted by Crippen LogP contribution is -2.15. The van der Waals surface area contributed by atoms with Crippen molar-refractivity contribution in [3.05, 3.63) is 88.0 Å². The van der Waals surface area contributed by atoms with E-state index >= 15 is 0 Å². The zero-order valence-corrected chi connectivity index (χ0v) is 19.2. The number of halogens is 1. The monoisotopic (exact) mass is 526 g/mol. The number of amides is 1. The highest BCUT2D eigenvalue weighted by Crippen LogP contribution is 2.28. The van der Waals surface area contributed by atoms with Crippen molar-refractivity contribution < 1.29 is 4.79 Å². The number of aromatic nitrogens is 3. The summed E-state index contributed by atoms with van der Waals surface area (Å²) >= 11 is 3.63. The Morgan fingerprint density at radius 2 is 1.70 bits per heavy atom. The minimum Gasteiger partial charge on any atom is -0.325 e. The van der Waals surface area contributed by atoms with E-state index in [0.29, 0.717) is 5.16 Å². The van der Waals surface area contributed by atoms with E-state index in [9.17, 15) is 4.79 Å². The van der Waals surface area contributed by atoms with Crippen LogP contribution in [-0.2, 0) is 4.79 Å². The van der Waals surface area contributed by atoms with Gasteiger partial charge in [0.1, 0.15) is 0 Å². The fourth-order valence-corrected chi connectivity index (χ4v) is 4.43. The van der Waals surface area contributed by atoms with Crippen LogP contribution in [0.4, 0.5) is 5.69 Å². The minimum absolute atomic E-state index is 0.0758. The molecule has 0 aliphatic rings. The quantitative estimate of drug-likeness (QED) is 0.263. The zero-order chi connectivity index (χ0) is 20.9. The molecular weight excluding hydrogens is 507 g/mol. The summed E-state index contributed by atoms with van der Waals surface area (Å²) < 4.78 is 3.13. The highest BCUT2D eigenvalue weighted by molar-refractivity contribution is 14.1. The lowest BCUT2D eigenvalue weighted by atomic mass is 10.2. The van der Waals surface area contributed by atoms with E-state index in [-0.39, 0.29) is 11.7 Å². The van der Waals surface area contributed by atoms with Gasteiger partial charge in [-0.2, -0.15) is 0 Å². The van der Waals surface area contributed by atoms with Crippen molar-refractivity contribution in [3.8, 4) is 17.1 Å². The number of hydrogen-bond acceptors (Lipinski definition) is 4. The first-order valence-corrected chi connectivity index (χ1v) is 11.4. The lowest BCUT2D eigenvalue weighted by Gasteiger charge is -2.11. The van der Waals surface area contributed by atoms with Crippen LogP contribution in [0.1, 0.15) is 5.56 Å². The van der Waals surface area contributed by atoms with E-state index in [0.717, 1.165) is 31.9 Å². The van der Waals surface area contributed by atoms with E-state index < -0.39 is 0 Å². The summed E-state index contributed by atoms with van der Waals surface area (Å²) in [6, 6.07) is 25.8. The third-order valence-electron chi connectivity index (χ3n) is 4.47. The van der Waals surface area contributed by atoms with Gasteiger partial charge in [-0.3, -0.25) is 9.36 Å². The van der Waals surface area contributed by atoms with Crippen LogP contribution in [0.25, 0.3) is 17.1 Å². The molecule has 0 aliphatic carbocycles. The summed E-state index contributed by atoms with van der Waals surface area (Å²) in [5.74, 6) is 0.914. The van der Waals surface area contributed by atoms with Gasteiger partial charge >= 0.3 is 0 Å².